The predicted molar refractivity (Wildman–Crippen MR) is 89.1 cm³/mol. The van der Waals surface area contributed by atoms with Crippen molar-refractivity contribution in [3.05, 3.63) is 29.3 Å². The van der Waals surface area contributed by atoms with Gasteiger partial charge in [-0.2, -0.15) is 5.26 Å². The number of ether oxygens (including phenoxy) is 1. The number of rotatable bonds is 2. The Balaban J connectivity index is 1.93. The zero-order valence-electron chi connectivity index (χ0n) is 13.2. The van der Waals surface area contributed by atoms with Gasteiger partial charge in [-0.1, -0.05) is 19.3 Å². The van der Waals surface area contributed by atoms with Crippen LogP contribution in [0.2, 0.25) is 0 Å². The molecule has 1 aliphatic heterocycles. The third-order valence-corrected chi connectivity index (χ3v) is 6.37. The average molecular weight is 317 g/mol. The van der Waals surface area contributed by atoms with Crippen LogP contribution in [0.4, 0.5) is 0 Å². The second kappa shape index (κ2) is 6.14. The van der Waals surface area contributed by atoms with E-state index in [1.807, 2.05) is 37.7 Å². The largest absolute Gasteiger partial charge is 0.485 e. The highest BCUT2D eigenvalue weighted by Crippen LogP contribution is 2.50. The quantitative estimate of drug-likeness (QED) is 0.888. The van der Waals surface area contributed by atoms with E-state index in [1.165, 1.54) is 32.1 Å². The van der Waals surface area contributed by atoms with Gasteiger partial charge in [0.1, 0.15) is 17.5 Å². The molecule has 1 saturated carbocycles. The highest BCUT2D eigenvalue weighted by Gasteiger charge is 2.44. The van der Waals surface area contributed by atoms with Crippen molar-refractivity contribution in [2.24, 2.45) is 0 Å². The van der Waals surface area contributed by atoms with Crippen molar-refractivity contribution in [1.29, 1.82) is 5.26 Å². The zero-order chi connectivity index (χ0) is 15.7. The molecule has 3 rings (SSSR count). The van der Waals surface area contributed by atoms with Crippen LogP contribution < -0.4 is 4.74 Å². The molecule has 0 aromatic heterocycles. The molecule has 1 aromatic rings. The van der Waals surface area contributed by atoms with Gasteiger partial charge in [-0.25, -0.2) is 0 Å². The van der Waals surface area contributed by atoms with E-state index in [1.54, 1.807) is 6.07 Å². The van der Waals surface area contributed by atoms with Gasteiger partial charge in [0.25, 0.3) is 0 Å². The fraction of sp³-hybridized carbons (Fsp3) is 0.611. The number of thioether (sulfide) groups is 1. The first kappa shape index (κ1) is 15.7. The molecule has 0 unspecified atom stereocenters. The van der Waals surface area contributed by atoms with Crippen LogP contribution in [0, 0.1) is 11.3 Å². The Morgan fingerprint density at radius 2 is 2.00 bits per heavy atom. The predicted octanol–water partition coefficient (Wildman–Crippen LogP) is 4.20. The summed E-state index contributed by atoms with van der Waals surface area (Å²) in [6.07, 6.45) is 5.77. The van der Waals surface area contributed by atoms with E-state index >= 15 is 0 Å². The Morgan fingerprint density at radius 3 is 2.68 bits per heavy atom. The van der Waals surface area contributed by atoms with Crippen molar-refractivity contribution in [3.63, 3.8) is 0 Å². The van der Waals surface area contributed by atoms with Gasteiger partial charge in [-0.05, 0) is 44.9 Å². The summed E-state index contributed by atoms with van der Waals surface area (Å²) >= 11 is 1.87. The molecule has 0 radical (unpaired) electrons. The number of hydrogen-bond acceptors (Lipinski definition) is 4. The van der Waals surface area contributed by atoms with E-state index in [2.05, 4.69) is 6.07 Å². The standard InChI is InChI=1S/C18H23NO2S/c1-18(2)17(20)16(22-13-6-4-3-5-7-13)14-10-12(11-19)8-9-15(14)21-18/h8-10,13,16-17,20H,3-7H2,1-2H3/t16-,17+/m1/s1. The number of fused-ring (bicyclic) bond motifs is 1. The lowest BCUT2D eigenvalue weighted by Gasteiger charge is -2.43. The molecule has 4 heteroatoms. The van der Waals surface area contributed by atoms with Crippen LogP contribution in [0.15, 0.2) is 18.2 Å². The molecule has 1 aromatic carbocycles. The Kier molecular flexibility index (Phi) is 4.38. The van der Waals surface area contributed by atoms with Gasteiger partial charge in [-0.3, -0.25) is 0 Å². The number of aliphatic hydroxyl groups excluding tert-OH is 1. The molecule has 2 atom stereocenters. The summed E-state index contributed by atoms with van der Waals surface area (Å²) in [5, 5.41) is 20.5. The normalized spacial score (nSPS) is 27.5. The lowest BCUT2D eigenvalue weighted by Crippen LogP contribution is -2.48. The van der Waals surface area contributed by atoms with Crippen molar-refractivity contribution in [2.75, 3.05) is 0 Å². The summed E-state index contributed by atoms with van der Waals surface area (Å²) in [4.78, 5) is 0. The first-order chi connectivity index (χ1) is 10.5. The SMILES string of the molecule is CC1(C)Oc2ccc(C#N)cc2[C@@H](SC2CCCCC2)[C@@H]1O. The average Bonchev–Trinajstić information content (AvgIpc) is 2.52. The fourth-order valence-corrected chi connectivity index (χ4v) is 5.20. The number of nitriles is 1. The van der Waals surface area contributed by atoms with E-state index in [0.717, 1.165) is 11.3 Å². The van der Waals surface area contributed by atoms with Crippen LogP contribution in [-0.4, -0.2) is 22.1 Å². The topological polar surface area (TPSA) is 53.2 Å². The molecule has 0 amide bonds. The number of aliphatic hydroxyl groups is 1. The summed E-state index contributed by atoms with van der Waals surface area (Å²) in [5.74, 6) is 0.808. The van der Waals surface area contributed by atoms with Crippen molar-refractivity contribution in [3.8, 4) is 11.8 Å². The van der Waals surface area contributed by atoms with E-state index in [9.17, 15) is 5.11 Å². The zero-order valence-corrected chi connectivity index (χ0v) is 14.0. The molecular formula is C18H23NO2S. The maximum atomic E-state index is 10.8. The number of hydrogen-bond donors (Lipinski definition) is 1. The van der Waals surface area contributed by atoms with Gasteiger partial charge in [-0.15, -0.1) is 11.8 Å². The number of nitrogens with zero attached hydrogens (tertiary/aromatic N) is 1. The minimum absolute atomic E-state index is 0.0184. The Morgan fingerprint density at radius 1 is 1.27 bits per heavy atom. The molecule has 0 saturated heterocycles. The minimum Gasteiger partial charge on any atom is -0.485 e. The van der Waals surface area contributed by atoms with Crippen LogP contribution in [-0.2, 0) is 0 Å². The molecule has 3 nitrogen and oxygen atoms in total. The monoisotopic (exact) mass is 317 g/mol. The summed E-state index contributed by atoms with van der Waals surface area (Å²) < 4.78 is 5.98. The smallest absolute Gasteiger partial charge is 0.131 e. The van der Waals surface area contributed by atoms with Crippen LogP contribution in [0.3, 0.4) is 0 Å². The number of benzene rings is 1. The summed E-state index contributed by atoms with van der Waals surface area (Å²) in [6.45, 7) is 3.88. The summed E-state index contributed by atoms with van der Waals surface area (Å²) in [7, 11) is 0. The van der Waals surface area contributed by atoms with E-state index in [4.69, 9.17) is 10.00 Å². The third kappa shape index (κ3) is 2.98. The lowest BCUT2D eigenvalue weighted by atomic mass is 9.90. The molecule has 118 valence electrons. The van der Waals surface area contributed by atoms with Crippen LogP contribution in [0.1, 0.15) is 62.3 Å². The van der Waals surface area contributed by atoms with Gasteiger partial charge >= 0.3 is 0 Å². The van der Waals surface area contributed by atoms with Crippen LogP contribution in [0.25, 0.3) is 0 Å². The van der Waals surface area contributed by atoms with E-state index in [0.29, 0.717) is 10.8 Å². The Bertz CT molecular complexity index is 587. The Labute approximate surface area is 136 Å². The van der Waals surface area contributed by atoms with Gasteiger partial charge in [0.2, 0.25) is 0 Å². The molecule has 2 aliphatic rings. The van der Waals surface area contributed by atoms with Gasteiger partial charge in [0, 0.05) is 10.8 Å². The van der Waals surface area contributed by atoms with E-state index < -0.39 is 11.7 Å². The second-order valence-electron chi connectivity index (χ2n) is 6.83. The fourth-order valence-electron chi connectivity index (χ4n) is 3.37. The molecular weight excluding hydrogens is 294 g/mol. The second-order valence-corrected chi connectivity index (χ2v) is 8.28. The van der Waals surface area contributed by atoms with E-state index in [-0.39, 0.29) is 5.25 Å². The maximum Gasteiger partial charge on any atom is 0.131 e. The molecule has 1 fully saturated rings. The molecule has 1 aliphatic carbocycles. The van der Waals surface area contributed by atoms with Crippen LogP contribution in [0.5, 0.6) is 5.75 Å². The van der Waals surface area contributed by atoms with Crippen molar-refractivity contribution < 1.29 is 9.84 Å². The highest BCUT2D eigenvalue weighted by molar-refractivity contribution is 8.00. The maximum absolute atomic E-state index is 10.8. The minimum atomic E-state index is -0.604. The molecule has 0 spiro atoms. The summed E-state index contributed by atoms with van der Waals surface area (Å²) in [5.41, 5.74) is 0.998. The van der Waals surface area contributed by atoms with Crippen LogP contribution >= 0.6 is 11.8 Å². The molecule has 0 bridgehead atoms. The van der Waals surface area contributed by atoms with Crippen molar-refractivity contribution in [1.82, 2.24) is 0 Å². The van der Waals surface area contributed by atoms with Gasteiger partial charge in [0.15, 0.2) is 0 Å². The molecule has 22 heavy (non-hydrogen) atoms. The highest BCUT2D eigenvalue weighted by atomic mass is 32.2. The van der Waals surface area contributed by atoms with Crippen molar-refractivity contribution in [2.45, 2.75) is 68.2 Å². The molecule has 1 heterocycles. The lowest BCUT2D eigenvalue weighted by molar-refractivity contribution is -0.0430. The first-order valence-electron chi connectivity index (χ1n) is 8.08. The summed E-state index contributed by atoms with van der Waals surface area (Å²) in [6, 6.07) is 7.73. The van der Waals surface area contributed by atoms with Crippen molar-refractivity contribution >= 4 is 11.8 Å². The molecule has 1 N–H and O–H groups in total. The first-order valence-corrected chi connectivity index (χ1v) is 9.02. The van der Waals surface area contributed by atoms with Gasteiger partial charge < -0.3 is 9.84 Å². The third-order valence-electron chi connectivity index (χ3n) is 4.71. The Hall–Kier alpha value is -1.18. The van der Waals surface area contributed by atoms with Gasteiger partial charge in [0.05, 0.1) is 16.9 Å².